The van der Waals surface area contributed by atoms with Crippen LogP contribution in [0.4, 0.5) is 10.5 Å². The zero-order chi connectivity index (χ0) is 22.7. The van der Waals surface area contributed by atoms with Gasteiger partial charge in [0.2, 0.25) is 5.91 Å². The molecule has 166 valence electrons. The molecule has 0 spiro atoms. The van der Waals surface area contributed by atoms with E-state index in [2.05, 4.69) is 5.32 Å². The van der Waals surface area contributed by atoms with Gasteiger partial charge in [-0.15, -0.1) is 0 Å². The lowest BCUT2D eigenvalue weighted by Gasteiger charge is -2.23. The van der Waals surface area contributed by atoms with E-state index in [9.17, 15) is 19.2 Å². The summed E-state index contributed by atoms with van der Waals surface area (Å²) >= 11 is 5.87. The average molecular weight is 455 g/mol. The van der Waals surface area contributed by atoms with E-state index in [1.54, 1.807) is 58.3 Å². The summed E-state index contributed by atoms with van der Waals surface area (Å²) in [6.07, 6.45) is 0.704. The third-order valence-corrected chi connectivity index (χ3v) is 5.91. The molecule has 9 heteroatoms. The molecule has 0 aromatic heterocycles. The average Bonchev–Trinajstić information content (AvgIpc) is 2.95. The normalized spacial score (nSPS) is 16.1. The van der Waals surface area contributed by atoms with Crippen molar-refractivity contribution in [3.8, 4) is 0 Å². The predicted molar refractivity (Wildman–Crippen MR) is 120 cm³/mol. The number of carbonyl (C=O) groups is 4. The summed E-state index contributed by atoms with van der Waals surface area (Å²) in [5, 5.41) is 3.43. The molecular weight excluding hydrogens is 432 g/mol. The van der Waals surface area contributed by atoms with E-state index in [-0.39, 0.29) is 36.7 Å². The number of hydrogen-bond donors (Lipinski definition) is 1. The number of fused-ring (bicyclic) bond motifs is 1. The van der Waals surface area contributed by atoms with Gasteiger partial charge < -0.3 is 15.1 Å². The van der Waals surface area contributed by atoms with Gasteiger partial charge in [-0.1, -0.05) is 23.7 Å². The van der Waals surface area contributed by atoms with E-state index in [0.29, 0.717) is 54.4 Å². The molecule has 2 aromatic carbocycles. The SMILES string of the molecule is O=C(CCN1C(=O)c2ccccc2C1=O)N1CCCN(C(=O)Nc2ccc(Cl)cc2)CC1. The number of urea groups is 1. The Morgan fingerprint density at radius 1 is 0.844 bits per heavy atom. The summed E-state index contributed by atoms with van der Waals surface area (Å²) in [4.78, 5) is 54.7. The third kappa shape index (κ3) is 4.60. The Bertz CT molecular complexity index is 1020. The van der Waals surface area contributed by atoms with E-state index in [4.69, 9.17) is 11.6 Å². The van der Waals surface area contributed by atoms with Gasteiger partial charge in [-0.25, -0.2) is 4.79 Å². The zero-order valence-corrected chi connectivity index (χ0v) is 18.2. The number of hydrogen-bond acceptors (Lipinski definition) is 4. The molecule has 2 aromatic rings. The molecule has 0 aliphatic carbocycles. The largest absolute Gasteiger partial charge is 0.341 e. The molecule has 0 bridgehead atoms. The molecule has 0 radical (unpaired) electrons. The number of anilines is 1. The van der Waals surface area contributed by atoms with Gasteiger partial charge in [-0.05, 0) is 42.8 Å². The Kier molecular flexibility index (Phi) is 6.41. The van der Waals surface area contributed by atoms with Crippen LogP contribution >= 0.6 is 11.6 Å². The fourth-order valence-electron chi connectivity index (χ4n) is 3.91. The van der Waals surface area contributed by atoms with Crippen LogP contribution in [-0.4, -0.2) is 71.2 Å². The summed E-state index contributed by atoms with van der Waals surface area (Å²) < 4.78 is 0. The van der Waals surface area contributed by atoms with Crippen LogP contribution in [0.25, 0.3) is 0 Å². The number of imide groups is 1. The van der Waals surface area contributed by atoms with E-state index in [1.807, 2.05) is 0 Å². The van der Waals surface area contributed by atoms with Crippen molar-refractivity contribution in [3.63, 3.8) is 0 Å². The monoisotopic (exact) mass is 454 g/mol. The number of nitrogens with one attached hydrogen (secondary N) is 1. The Hall–Kier alpha value is -3.39. The number of benzene rings is 2. The summed E-state index contributed by atoms with van der Waals surface area (Å²) in [7, 11) is 0. The molecule has 5 amide bonds. The van der Waals surface area contributed by atoms with Crippen LogP contribution in [0.3, 0.4) is 0 Å². The van der Waals surface area contributed by atoms with E-state index < -0.39 is 0 Å². The quantitative estimate of drug-likeness (QED) is 0.719. The van der Waals surface area contributed by atoms with Crippen molar-refractivity contribution >= 4 is 41.0 Å². The molecule has 0 saturated carbocycles. The third-order valence-electron chi connectivity index (χ3n) is 5.66. The van der Waals surface area contributed by atoms with Crippen molar-refractivity contribution in [1.29, 1.82) is 0 Å². The van der Waals surface area contributed by atoms with Crippen molar-refractivity contribution in [3.05, 3.63) is 64.7 Å². The molecular formula is C23H23ClN4O4. The molecule has 1 saturated heterocycles. The highest BCUT2D eigenvalue weighted by molar-refractivity contribution is 6.30. The smallest absolute Gasteiger partial charge is 0.321 e. The van der Waals surface area contributed by atoms with E-state index >= 15 is 0 Å². The topological polar surface area (TPSA) is 90.0 Å². The Labute approximate surface area is 190 Å². The number of amides is 5. The first-order valence-electron chi connectivity index (χ1n) is 10.5. The minimum Gasteiger partial charge on any atom is -0.341 e. The Morgan fingerprint density at radius 3 is 2.09 bits per heavy atom. The highest BCUT2D eigenvalue weighted by Crippen LogP contribution is 2.22. The number of halogens is 1. The van der Waals surface area contributed by atoms with Gasteiger partial charge in [0.05, 0.1) is 11.1 Å². The van der Waals surface area contributed by atoms with Gasteiger partial charge >= 0.3 is 6.03 Å². The number of carbonyl (C=O) groups excluding carboxylic acids is 4. The fourth-order valence-corrected chi connectivity index (χ4v) is 4.04. The van der Waals surface area contributed by atoms with Gasteiger partial charge in [0.15, 0.2) is 0 Å². The summed E-state index contributed by atoms with van der Waals surface area (Å²) in [6, 6.07) is 13.3. The van der Waals surface area contributed by atoms with Gasteiger partial charge in [0.25, 0.3) is 11.8 Å². The molecule has 32 heavy (non-hydrogen) atoms. The van der Waals surface area contributed by atoms with Gasteiger partial charge in [-0.3, -0.25) is 19.3 Å². The van der Waals surface area contributed by atoms with Crippen LogP contribution in [-0.2, 0) is 4.79 Å². The van der Waals surface area contributed by atoms with Crippen molar-refractivity contribution in [2.75, 3.05) is 38.0 Å². The first-order valence-corrected chi connectivity index (χ1v) is 10.9. The standard InChI is InChI=1S/C23H23ClN4O4/c24-16-6-8-17(9-7-16)25-23(32)27-12-3-11-26(14-15-27)20(29)10-13-28-21(30)18-4-1-2-5-19(18)22(28)31/h1-2,4-9H,3,10-15H2,(H,25,32). The lowest BCUT2D eigenvalue weighted by Crippen LogP contribution is -2.40. The second kappa shape index (κ2) is 9.40. The molecule has 2 aliphatic heterocycles. The molecule has 1 N–H and O–H groups in total. The zero-order valence-electron chi connectivity index (χ0n) is 17.4. The van der Waals surface area contributed by atoms with Crippen molar-refractivity contribution in [1.82, 2.24) is 14.7 Å². The van der Waals surface area contributed by atoms with Crippen molar-refractivity contribution < 1.29 is 19.2 Å². The van der Waals surface area contributed by atoms with Crippen LogP contribution in [0.2, 0.25) is 5.02 Å². The maximum atomic E-state index is 12.7. The van der Waals surface area contributed by atoms with Gasteiger partial charge in [-0.2, -0.15) is 0 Å². The number of rotatable bonds is 4. The fraction of sp³-hybridized carbons (Fsp3) is 0.304. The summed E-state index contributed by atoms with van der Waals surface area (Å²) in [6.45, 7) is 1.89. The van der Waals surface area contributed by atoms with Crippen LogP contribution in [0, 0.1) is 0 Å². The highest BCUT2D eigenvalue weighted by atomic mass is 35.5. The Morgan fingerprint density at radius 2 is 1.44 bits per heavy atom. The van der Waals surface area contributed by atoms with Crippen molar-refractivity contribution in [2.24, 2.45) is 0 Å². The molecule has 2 aliphatic rings. The second-order valence-corrected chi connectivity index (χ2v) is 8.15. The molecule has 8 nitrogen and oxygen atoms in total. The van der Waals surface area contributed by atoms with Crippen LogP contribution < -0.4 is 5.32 Å². The predicted octanol–water partition coefficient (Wildman–Crippen LogP) is 3.09. The minimum absolute atomic E-state index is 0.0441. The molecule has 4 rings (SSSR count). The van der Waals surface area contributed by atoms with Crippen LogP contribution in [0.15, 0.2) is 48.5 Å². The van der Waals surface area contributed by atoms with Crippen molar-refractivity contribution in [2.45, 2.75) is 12.8 Å². The van der Waals surface area contributed by atoms with Crippen LogP contribution in [0.5, 0.6) is 0 Å². The molecule has 0 unspecified atom stereocenters. The van der Waals surface area contributed by atoms with Gasteiger partial charge in [0.1, 0.15) is 0 Å². The molecule has 0 atom stereocenters. The van der Waals surface area contributed by atoms with Crippen LogP contribution in [0.1, 0.15) is 33.6 Å². The maximum absolute atomic E-state index is 12.7. The Balaban J connectivity index is 1.28. The molecule has 1 fully saturated rings. The highest BCUT2D eigenvalue weighted by Gasteiger charge is 2.35. The summed E-state index contributed by atoms with van der Waals surface area (Å²) in [5.74, 6) is -0.861. The summed E-state index contributed by atoms with van der Waals surface area (Å²) in [5.41, 5.74) is 1.40. The second-order valence-electron chi connectivity index (χ2n) is 7.72. The lowest BCUT2D eigenvalue weighted by atomic mass is 10.1. The molecule has 2 heterocycles. The first-order chi connectivity index (χ1) is 15.4. The van der Waals surface area contributed by atoms with E-state index in [1.165, 1.54) is 0 Å². The lowest BCUT2D eigenvalue weighted by molar-refractivity contribution is -0.131. The van der Waals surface area contributed by atoms with Gasteiger partial charge in [0, 0.05) is 49.9 Å². The minimum atomic E-state index is -0.362. The first kappa shape index (κ1) is 21.8. The van der Waals surface area contributed by atoms with E-state index in [0.717, 1.165) is 4.90 Å². The number of nitrogens with zero attached hydrogens (tertiary/aromatic N) is 3. The maximum Gasteiger partial charge on any atom is 0.321 e.